The van der Waals surface area contributed by atoms with Gasteiger partial charge in [0.1, 0.15) is 0 Å². The number of carbonyl (C=O) groups is 2. The average molecular weight is 276 g/mol. The van der Waals surface area contributed by atoms with Gasteiger partial charge in [0.25, 0.3) is 5.91 Å². The number of aliphatic hydroxyl groups excluding tert-OH is 1. The van der Waals surface area contributed by atoms with Gasteiger partial charge in [-0.15, -0.1) is 6.58 Å². The molecule has 1 aliphatic heterocycles. The average Bonchev–Trinajstić information content (AvgIpc) is 2.66. The molecule has 0 fully saturated rings. The Balaban J connectivity index is 2.53. The van der Waals surface area contributed by atoms with E-state index in [1.165, 1.54) is 11.0 Å². The molecule has 0 aromatic heterocycles. The molecule has 0 spiro atoms. The van der Waals surface area contributed by atoms with Crippen LogP contribution in [0, 0.1) is 0 Å². The Bertz CT molecular complexity index is 583. The van der Waals surface area contributed by atoms with Gasteiger partial charge in [0.2, 0.25) is 0 Å². The number of fused-ring (bicyclic) bond motifs is 1. The third kappa shape index (κ3) is 2.37. The van der Waals surface area contributed by atoms with E-state index in [1.807, 2.05) is 0 Å². The third-order valence-corrected chi connectivity index (χ3v) is 3.30. The molecular weight excluding hydrogens is 260 g/mol. The monoisotopic (exact) mass is 276 g/mol. The Morgan fingerprint density at radius 3 is 2.90 bits per heavy atom. The highest BCUT2D eigenvalue weighted by atomic mass is 16.4. The molecule has 0 saturated carbocycles. The van der Waals surface area contributed by atoms with Crippen LogP contribution in [0.4, 0.5) is 10.5 Å². The summed E-state index contributed by atoms with van der Waals surface area (Å²) < 4.78 is 0. The number of hydrogen-bond acceptors (Lipinski definition) is 3. The van der Waals surface area contributed by atoms with Gasteiger partial charge in [-0.3, -0.25) is 10.1 Å². The maximum absolute atomic E-state index is 12.1. The van der Waals surface area contributed by atoms with E-state index < -0.39 is 12.2 Å². The van der Waals surface area contributed by atoms with Gasteiger partial charge < -0.3 is 15.1 Å². The summed E-state index contributed by atoms with van der Waals surface area (Å²) in [5.41, 5.74) is 1.86. The summed E-state index contributed by atoms with van der Waals surface area (Å²) in [6.45, 7) is 3.93. The van der Waals surface area contributed by atoms with Crippen LogP contribution in [-0.4, -0.2) is 34.2 Å². The van der Waals surface area contributed by atoms with E-state index in [9.17, 15) is 14.7 Å². The fourth-order valence-corrected chi connectivity index (χ4v) is 2.39. The Morgan fingerprint density at radius 2 is 2.30 bits per heavy atom. The molecule has 6 nitrogen and oxygen atoms in total. The van der Waals surface area contributed by atoms with Crippen LogP contribution < -0.4 is 5.32 Å². The Kier molecular flexibility index (Phi) is 3.76. The minimum Gasteiger partial charge on any atom is -0.465 e. The van der Waals surface area contributed by atoms with Crippen molar-refractivity contribution in [2.24, 2.45) is 0 Å². The number of rotatable bonds is 4. The molecule has 1 atom stereocenters. The fourth-order valence-electron chi connectivity index (χ4n) is 2.39. The summed E-state index contributed by atoms with van der Waals surface area (Å²) in [7, 11) is 1.64. The van der Waals surface area contributed by atoms with Gasteiger partial charge in [0, 0.05) is 13.6 Å². The van der Waals surface area contributed by atoms with E-state index in [0.29, 0.717) is 29.7 Å². The lowest BCUT2D eigenvalue weighted by molar-refractivity contribution is 0.0817. The van der Waals surface area contributed by atoms with E-state index in [2.05, 4.69) is 11.9 Å². The van der Waals surface area contributed by atoms with E-state index >= 15 is 0 Å². The smallest absolute Gasteiger partial charge is 0.409 e. The minimum atomic E-state index is -1.23. The number of nitrogens with one attached hydrogen (secondary N) is 1. The molecule has 1 aromatic rings. The van der Waals surface area contributed by atoms with Crippen LogP contribution in [0.3, 0.4) is 0 Å². The second-order valence-corrected chi connectivity index (χ2v) is 4.69. The number of benzene rings is 1. The predicted octanol–water partition coefficient (Wildman–Crippen LogP) is 1.97. The number of carbonyl (C=O) groups excluding carboxylic acids is 1. The van der Waals surface area contributed by atoms with Gasteiger partial charge in [-0.1, -0.05) is 12.1 Å². The van der Waals surface area contributed by atoms with Gasteiger partial charge in [-0.2, -0.15) is 0 Å². The van der Waals surface area contributed by atoms with Gasteiger partial charge in [0.05, 0.1) is 17.4 Å². The number of amides is 2. The minimum absolute atomic E-state index is 0.247. The quantitative estimate of drug-likeness (QED) is 0.733. The van der Waals surface area contributed by atoms with Crippen LogP contribution in [0.15, 0.2) is 24.8 Å². The predicted molar refractivity (Wildman–Crippen MR) is 73.7 cm³/mol. The molecular formula is C14H16N2O4. The number of nitrogens with zero attached hydrogens (tertiary/aromatic N) is 1. The molecule has 3 N–H and O–H groups in total. The molecule has 0 saturated heterocycles. The maximum Gasteiger partial charge on any atom is 0.409 e. The second-order valence-electron chi connectivity index (χ2n) is 4.69. The number of carboxylic acid groups (broad SMARTS) is 1. The molecule has 2 amide bonds. The van der Waals surface area contributed by atoms with E-state index in [4.69, 9.17) is 5.11 Å². The molecule has 6 heteroatoms. The zero-order valence-corrected chi connectivity index (χ0v) is 11.1. The molecule has 106 valence electrons. The first-order valence-electron chi connectivity index (χ1n) is 6.15. The van der Waals surface area contributed by atoms with Gasteiger partial charge in [-0.25, -0.2) is 4.79 Å². The van der Waals surface area contributed by atoms with Crippen LogP contribution in [0.25, 0.3) is 0 Å². The van der Waals surface area contributed by atoms with Crippen LogP contribution in [0.1, 0.15) is 34.0 Å². The SMILES string of the molecule is C=CCC(O)c1ccc(NC(=O)O)c2c1CN(C)C2=O. The molecule has 2 rings (SSSR count). The lowest BCUT2D eigenvalue weighted by Gasteiger charge is -2.15. The molecule has 1 heterocycles. The number of aliphatic hydroxyl groups is 1. The normalized spacial score (nSPS) is 14.9. The zero-order valence-electron chi connectivity index (χ0n) is 11.1. The summed E-state index contributed by atoms with van der Waals surface area (Å²) >= 11 is 0. The number of hydrogen-bond donors (Lipinski definition) is 3. The van der Waals surface area contributed by atoms with Crippen molar-refractivity contribution in [3.63, 3.8) is 0 Å². The van der Waals surface area contributed by atoms with Crippen LogP contribution in [0.2, 0.25) is 0 Å². The van der Waals surface area contributed by atoms with Crippen molar-refractivity contribution in [3.8, 4) is 0 Å². The lowest BCUT2D eigenvalue weighted by Crippen LogP contribution is -2.19. The number of anilines is 1. The molecule has 0 aliphatic carbocycles. The largest absolute Gasteiger partial charge is 0.465 e. The third-order valence-electron chi connectivity index (χ3n) is 3.30. The summed E-state index contributed by atoms with van der Waals surface area (Å²) in [5.74, 6) is -0.253. The highest BCUT2D eigenvalue weighted by molar-refractivity contribution is 6.06. The summed E-state index contributed by atoms with van der Waals surface area (Å²) in [4.78, 5) is 24.4. The molecule has 1 unspecified atom stereocenters. The molecule has 20 heavy (non-hydrogen) atoms. The van der Waals surface area contributed by atoms with Crippen molar-refractivity contribution >= 4 is 17.7 Å². The molecule has 0 bridgehead atoms. The first kappa shape index (κ1) is 14.1. The second kappa shape index (κ2) is 5.34. The van der Waals surface area contributed by atoms with E-state index in [-0.39, 0.29) is 11.6 Å². The van der Waals surface area contributed by atoms with Crippen molar-refractivity contribution in [3.05, 3.63) is 41.5 Å². The standard InChI is InChI=1S/C14H16N2O4/c1-3-4-11(17)8-5-6-10(15-14(19)20)12-9(8)7-16(2)13(12)18/h3,5-6,11,15,17H,1,4,7H2,2H3,(H,19,20). The van der Waals surface area contributed by atoms with Crippen molar-refractivity contribution in [1.82, 2.24) is 4.90 Å². The molecule has 1 aromatic carbocycles. The first-order chi connectivity index (χ1) is 9.45. The Morgan fingerprint density at radius 1 is 1.60 bits per heavy atom. The Labute approximate surface area is 116 Å². The molecule has 0 radical (unpaired) electrons. The molecule has 1 aliphatic rings. The fraction of sp³-hybridized carbons (Fsp3) is 0.286. The lowest BCUT2D eigenvalue weighted by atomic mass is 9.96. The highest BCUT2D eigenvalue weighted by Crippen LogP contribution is 2.35. The van der Waals surface area contributed by atoms with Crippen LogP contribution >= 0.6 is 0 Å². The summed E-state index contributed by atoms with van der Waals surface area (Å²) in [5, 5.41) is 21.1. The topological polar surface area (TPSA) is 89.9 Å². The van der Waals surface area contributed by atoms with Crippen molar-refractivity contribution in [2.45, 2.75) is 19.1 Å². The van der Waals surface area contributed by atoms with Gasteiger partial charge in [-0.05, 0) is 23.6 Å². The first-order valence-corrected chi connectivity index (χ1v) is 6.15. The zero-order chi connectivity index (χ0) is 14.9. The van der Waals surface area contributed by atoms with Gasteiger partial charge >= 0.3 is 6.09 Å². The Hall–Kier alpha value is -2.34. The maximum atomic E-state index is 12.1. The summed E-state index contributed by atoms with van der Waals surface area (Å²) in [6, 6.07) is 3.15. The van der Waals surface area contributed by atoms with Crippen LogP contribution in [0.5, 0.6) is 0 Å². The summed E-state index contributed by atoms with van der Waals surface area (Å²) in [6.07, 6.45) is -0.00911. The van der Waals surface area contributed by atoms with Crippen LogP contribution in [-0.2, 0) is 6.54 Å². The van der Waals surface area contributed by atoms with Crippen molar-refractivity contribution in [2.75, 3.05) is 12.4 Å². The highest BCUT2D eigenvalue weighted by Gasteiger charge is 2.31. The van der Waals surface area contributed by atoms with Crippen molar-refractivity contribution < 1.29 is 19.8 Å². The van der Waals surface area contributed by atoms with E-state index in [0.717, 1.165) is 0 Å². The van der Waals surface area contributed by atoms with Crippen molar-refractivity contribution in [1.29, 1.82) is 0 Å². The van der Waals surface area contributed by atoms with Gasteiger partial charge in [0.15, 0.2) is 0 Å². The van der Waals surface area contributed by atoms with E-state index in [1.54, 1.807) is 19.2 Å².